The van der Waals surface area contributed by atoms with E-state index in [2.05, 4.69) is 162 Å². The van der Waals surface area contributed by atoms with Gasteiger partial charge in [0.1, 0.15) is 0 Å². The molecular weight excluding hydrogens is 571 g/mol. The monoisotopic (exact) mass is 597 g/mol. The van der Waals surface area contributed by atoms with Crippen molar-refractivity contribution < 1.29 is 0 Å². The fourth-order valence-electron chi connectivity index (χ4n) is 7.36. The highest BCUT2D eigenvalue weighted by Crippen LogP contribution is 2.46. The Labute approximate surface area is 272 Å². The zero-order valence-corrected chi connectivity index (χ0v) is 25.4. The van der Waals surface area contributed by atoms with Crippen LogP contribution in [0.4, 0.5) is 0 Å². The predicted octanol–water partition coefficient (Wildman–Crippen LogP) is 11.4. The molecule has 0 bridgehead atoms. The molecule has 0 radical (unpaired) electrons. The van der Waals surface area contributed by atoms with Crippen LogP contribution in [0.3, 0.4) is 0 Å². The largest absolute Gasteiger partial charge is 0.309 e. The summed E-state index contributed by atoms with van der Waals surface area (Å²) in [4.78, 5) is 9.84. The number of nitrogens with zero attached hydrogens (tertiary/aromatic N) is 3. The van der Waals surface area contributed by atoms with Gasteiger partial charge in [-0.2, -0.15) is 0 Å². The number of benzene rings is 7. The third-order valence-corrected chi connectivity index (χ3v) is 9.62. The van der Waals surface area contributed by atoms with Gasteiger partial charge in [0.2, 0.25) is 0 Å². The lowest BCUT2D eigenvalue weighted by Crippen LogP contribution is -1.92. The van der Waals surface area contributed by atoms with Gasteiger partial charge in [0.05, 0.1) is 16.7 Å². The van der Waals surface area contributed by atoms with Crippen LogP contribution in [0.1, 0.15) is 0 Å². The number of fused-ring (bicyclic) bond motifs is 6. The van der Waals surface area contributed by atoms with E-state index in [0.717, 1.165) is 22.6 Å². The smallest absolute Gasteiger partial charge is 0.159 e. The van der Waals surface area contributed by atoms with Crippen molar-refractivity contribution in [2.75, 3.05) is 0 Å². The Bertz CT molecular complexity index is 2640. The molecule has 2 heterocycles. The summed E-state index contributed by atoms with van der Waals surface area (Å²) >= 11 is 0. The Hall–Kier alpha value is -6.32. The summed E-state index contributed by atoms with van der Waals surface area (Å²) in [6.07, 6.45) is 1.98. The minimum Gasteiger partial charge on any atom is -0.309 e. The highest BCUT2D eigenvalue weighted by molar-refractivity contribution is 6.14. The van der Waals surface area contributed by atoms with E-state index < -0.39 is 0 Å². The third-order valence-electron chi connectivity index (χ3n) is 9.62. The van der Waals surface area contributed by atoms with Crippen LogP contribution in [0.15, 0.2) is 164 Å². The topological polar surface area (TPSA) is 30.7 Å². The van der Waals surface area contributed by atoms with Crippen molar-refractivity contribution in [2.45, 2.75) is 0 Å². The van der Waals surface area contributed by atoms with Crippen LogP contribution in [0.2, 0.25) is 0 Å². The number of hydrogen-bond acceptors (Lipinski definition) is 2. The van der Waals surface area contributed by atoms with Crippen LogP contribution in [0.5, 0.6) is 0 Å². The van der Waals surface area contributed by atoms with Gasteiger partial charge < -0.3 is 4.57 Å². The maximum Gasteiger partial charge on any atom is 0.159 e. The number of para-hydroxylation sites is 2. The molecule has 0 atom stereocenters. The molecular formula is C44H27N3. The van der Waals surface area contributed by atoms with Crippen molar-refractivity contribution in [3.05, 3.63) is 164 Å². The van der Waals surface area contributed by atoms with Crippen LogP contribution in [0, 0.1) is 0 Å². The van der Waals surface area contributed by atoms with E-state index in [1.54, 1.807) is 0 Å². The maximum absolute atomic E-state index is 5.06. The lowest BCUT2D eigenvalue weighted by molar-refractivity contribution is 1.18. The van der Waals surface area contributed by atoms with Gasteiger partial charge in [0, 0.05) is 39.3 Å². The first kappa shape index (κ1) is 26.0. The van der Waals surface area contributed by atoms with Crippen LogP contribution < -0.4 is 0 Å². The van der Waals surface area contributed by atoms with Crippen molar-refractivity contribution in [1.82, 2.24) is 14.5 Å². The summed E-state index contributed by atoms with van der Waals surface area (Å²) in [6, 6.07) is 56.5. The molecule has 0 saturated heterocycles. The summed E-state index contributed by atoms with van der Waals surface area (Å²) in [5.74, 6) is 0.750. The first-order chi connectivity index (χ1) is 23.3. The second kappa shape index (κ2) is 10.1. The van der Waals surface area contributed by atoms with E-state index in [-0.39, 0.29) is 0 Å². The van der Waals surface area contributed by atoms with Gasteiger partial charge in [0.25, 0.3) is 0 Å². The standard InChI is InChI=1S/C44H27N3/c1-2-10-34(11-3-1)47-40-15-5-4-12-35(40)38-26-33(24-25-41(38)47)30-18-16-28(17-19-30)29-20-22-32(23-21-29)44-45-27-39-36-13-6-8-31-9-7-14-37(42(31)36)43(39)46-44/h1-27H. The van der Waals surface area contributed by atoms with Crippen molar-refractivity contribution in [2.24, 2.45) is 0 Å². The van der Waals surface area contributed by atoms with Crippen LogP contribution in [-0.2, 0) is 0 Å². The fraction of sp³-hybridized carbons (Fsp3) is 0. The molecule has 2 aromatic heterocycles. The molecule has 47 heavy (non-hydrogen) atoms. The molecule has 9 aromatic rings. The van der Waals surface area contributed by atoms with Gasteiger partial charge in [-0.25, -0.2) is 9.97 Å². The normalized spacial score (nSPS) is 11.8. The van der Waals surface area contributed by atoms with Crippen LogP contribution >= 0.6 is 0 Å². The van der Waals surface area contributed by atoms with Gasteiger partial charge in [-0.1, -0.05) is 127 Å². The molecule has 1 aliphatic carbocycles. The van der Waals surface area contributed by atoms with Crippen LogP contribution in [-0.4, -0.2) is 14.5 Å². The molecule has 7 aromatic carbocycles. The van der Waals surface area contributed by atoms with E-state index in [1.807, 2.05) is 6.20 Å². The molecule has 0 fully saturated rings. The second-order valence-electron chi connectivity index (χ2n) is 12.2. The average molecular weight is 598 g/mol. The van der Waals surface area contributed by atoms with Crippen molar-refractivity contribution >= 4 is 32.6 Å². The summed E-state index contributed by atoms with van der Waals surface area (Å²) in [7, 11) is 0. The first-order valence-electron chi connectivity index (χ1n) is 16.0. The Morgan fingerprint density at radius 2 is 1.04 bits per heavy atom. The van der Waals surface area contributed by atoms with Gasteiger partial charge in [-0.15, -0.1) is 0 Å². The second-order valence-corrected chi connectivity index (χ2v) is 12.2. The molecule has 0 N–H and O–H groups in total. The van der Waals surface area contributed by atoms with E-state index in [0.29, 0.717) is 0 Å². The maximum atomic E-state index is 5.06. The van der Waals surface area contributed by atoms with E-state index >= 15 is 0 Å². The summed E-state index contributed by atoms with van der Waals surface area (Å²) in [5.41, 5.74) is 13.9. The molecule has 0 aliphatic heterocycles. The Balaban J connectivity index is 0.959. The minimum absolute atomic E-state index is 0.750. The molecule has 1 aliphatic rings. The summed E-state index contributed by atoms with van der Waals surface area (Å²) < 4.78 is 2.36. The Kier molecular flexibility index (Phi) is 5.57. The lowest BCUT2D eigenvalue weighted by atomic mass is 9.98. The molecule has 0 saturated carbocycles. The quantitative estimate of drug-likeness (QED) is 0.202. The molecule has 3 nitrogen and oxygen atoms in total. The van der Waals surface area contributed by atoms with Crippen molar-refractivity contribution in [1.29, 1.82) is 0 Å². The first-order valence-corrected chi connectivity index (χ1v) is 16.0. The van der Waals surface area contributed by atoms with E-state index in [9.17, 15) is 0 Å². The highest BCUT2D eigenvalue weighted by Gasteiger charge is 2.23. The number of rotatable bonds is 4. The number of hydrogen-bond donors (Lipinski definition) is 0. The fourth-order valence-corrected chi connectivity index (χ4v) is 7.36. The SMILES string of the molecule is c1ccc(-n2c3ccccc3c3cc(-c4ccc(-c5ccc(-c6ncc7c(n6)-c6cccc8cccc-7c68)cc5)cc4)ccc32)cc1. The van der Waals surface area contributed by atoms with E-state index in [1.165, 1.54) is 71.6 Å². The van der Waals surface area contributed by atoms with Crippen molar-refractivity contribution in [3.8, 4) is 61.7 Å². The molecule has 3 heteroatoms. The molecule has 0 unspecified atom stereocenters. The van der Waals surface area contributed by atoms with E-state index in [4.69, 9.17) is 9.97 Å². The molecule has 0 amide bonds. The molecule has 0 spiro atoms. The minimum atomic E-state index is 0.750. The number of aromatic nitrogens is 3. The predicted molar refractivity (Wildman–Crippen MR) is 195 cm³/mol. The zero-order chi connectivity index (χ0) is 30.9. The lowest BCUT2D eigenvalue weighted by Gasteiger charge is -2.09. The van der Waals surface area contributed by atoms with Crippen molar-refractivity contribution in [3.63, 3.8) is 0 Å². The van der Waals surface area contributed by atoms with Crippen LogP contribution in [0.25, 0.3) is 94.3 Å². The zero-order valence-electron chi connectivity index (χ0n) is 25.4. The van der Waals surface area contributed by atoms with Gasteiger partial charge >= 0.3 is 0 Å². The molecule has 10 rings (SSSR count). The Morgan fingerprint density at radius 1 is 0.426 bits per heavy atom. The van der Waals surface area contributed by atoms with Gasteiger partial charge in [-0.3, -0.25) is 0 Å². The third kappa shape index (κ3) is 4.00. The summed E-state index contributed by atoms with van der Waals surface area (Å²) in [6.45, 7) is 0. The van der Waals surface area contributed by atoms with Gasteiger partial charge in [-0.05, 0) is 68.9 Å². The Morgan fingerprint density at radius 3 is 1.81 bits per heavy atom. The average Bonchev–Trinajstić information content (AvgIpc) is 3.65. The summed E-state index contributed by atoms with van der Waals surface area (Å²) in [5, 5.41) is 5.04. The highest BCUT2D eigenvalue weighted by atomic mass is 15.0. The molecule has 218 valence electrons. The van der Waals surface area contributed by atoms with Gasteiger partial charge in [0.15, 0.2) is 5.82 Å².